The Morgan fingerprint density at radius 3 is 2.61 bits per heavy atom. The highest BCUT2D eigenvalue weighted by Gasteiger charge is 2.57. The molecule has 152 valence electrons. The number of phenols is 1. The molecule has 28 heavy (non-hydrogen) atoms. The van der Waals surface area contributed by atoms with Gasteiger partial charge in [-0.3, -0.25) is 9.80 Å². The smallest absolute Gasteiger partial charge is 0.344 e. The molecule has 0 aliphatic carbocycles. The van der Waals surface area contributed by atoms with Crippen LogP contribution < -0.4 is 0 Å². The van der Waals surface area contributed by atoms with E-state index in [-0.39, 0.29) is 29.0 Å². The van der Waals surface area contributed by atoms with E-state index in [0.29, 0.717) is 18.0 Å². The lowest BCUT2D eigenvalue weighted by atomic mass is 9.77. The zero-order valence-corrected chi connectivity index (χ0v) is 16.9. The fourth-order valence-corrected chi connectivity index (χ4v) is 4.57. The fourth-order valence-electron chi connectivity index (χ4n) is 4.37. The normalized spacial score (nSPS) is 25.5. The molecule has 3 rings (SSSR count). The van der Waals surface area contributed by atoms with E-state index in [1.54, 1.807) is 24.1 Å². The molecule has 0 spiro atoms. The number of nitrogens with zero attached hydrogens (tertiary/aromatic N) is 2. The number of phenolic OH excluding ortho intramolecular Hbond substituents is 1. The summed E-state index contributed by atoms with van der Waals surface area (Å²) in [4.78, 5) is 24.7. The van der Waals surface area contributed by atoms with Gasteiger partial charge in [-0.15, -0.1) is 0 Å². The zero-order valence-electron chi connectivity index (χ0n) is 16.1. The molecule has 1 amide bonds. The molecular weight excluding hydrogens is 384 g/mol. The van der Waals surface area contributed by atoms with Crippen molar-refractivity contribution in [2.45, 2.75) is 45.7 Å². The Kier molecular flexibility index (Phi) is 5.34. The highest BCUT2D eigenvalue weighted by atomic mass is 35.5. The molecule has 0 radical (unpaired) electrons. The standard InChI is InChI=1S/C20H25ClN2O5/c1-11(2)8-13-6-7-23-20(13,3)17(25)16(19(27)28)18(26)22(23)10-12-4-5-15(24)14(21)9-12/h4-5,9,11,13,24-25H,6-8,10H2,1-3H3,(H,27,28)/t13?,20-/m1/s1. The number of rotatable bonds is 5. The van der Waals surface area contributed by atoms with Crippen LogP contribution in [0.5, 0.6) is 5.75 Å². The second-order valence-corrected chi connectivity index (χ2v) is 8.47. The summed E-state index contributed by atoms with van der Waals surface area (Å²) in [5.74, 6) is -2.25. The first-order valence-corrected chi connectivity index (χ1v) is 9.69. The van der Waals surface area contributed by atoms with E-state index in [1.165, 1.54) is 11.1 Å². The molecule has 8 heteroatoms. The topological polar surface area (TPSA) is 101 Å². The lowest BCUT2D eigenvalue weighted by Crippen LogP contribution is -2.62. The van der Waals surface area contributed by atoms with Crippen LogP contribution in [0.4, 0.5) is 0 Å². The van der Waals surface area contributed by atoms with Gasteiger partial charge in [0.1, 0.15) is 11.5 Å². The molecule has 1 fully saturated rings. The van der Waals surface area contributed by atoms with E-state index in [4.69, 9.17) is 11.6 Å². The predicted octanol–water partition coefficient (Wildman–Crippen LogP) is 3.33. The molecule has 0 saturated carbocycles. The van der Waals surface area contributed by atoms with Gasteiger partial charge in [-0.1, -0.05) is 31.5 Å². The van der Waals surface area contributed by atoms with Gasteiger partial charge in [0, 0.05) is 6.54 Å². The van der Waals surface area contributed by atoms with E-state index in [9.17, 15) is 24.9 Å². The third kappa shape index (κ3) is 3.22. The minimum atomic E-state index is -1.44. The van der Waals surface area contributed by atoms with Crippen LogP contribution in [0, 0.1) is 11.8 Å². The van der Waals surface area contributed by atoms with Crippen molar-refractivity contribution in [1.82, 2.24) is 10.0 Å². The SMILES string of the molecule is CC(C)CC1CCN2N(Cc3ccc(O)c(Cl)c3)C(=O)C(C(=O)O)=C(O)[C@@]12C. The Bertz CT molecular complexity index is 853. The molecular formula is C20H25ClN2O5. The lowest BCUT2D eigenvalue weighted by Gasteiger charge is -2.48. The first kappa shape index (κ1) is 20.5. The number of benzene rings is 1. The van der Waals surface area contributed by atoms with E-state index in [1.807, 2.05) is 0 Å². The van der Waals surface area contributed by atoms with Crippen LogP contribution in [0.3, 0.4) is 0 Å². The molecule has 3 N–H and O–H groups in total. The van der Waals surface area contributed by atoms with Gasteiger partial charge in [0.15, 0.2) is 5.57 Å². The number of hydrazine groups is 1. The van der Waals surface area contributed by atoms with Crippen molar-refractivity contribution >= 4 is 23.5 Å². The number of halogens is 1. The Morgan fingerprint density at radius 1 is 1.36 bits per heavy atom. The van der Waals surface area contributed by atoms with Crippen LogP contribution in [-0.2, 0) is 16.1 Å². The molecule has 7 nitrogen and oxygen atoms in total. The Morgan fingerprint density at radius 2 is 2.04 bits per heavy atom. The number of hydrogen-bond acceptors (Lipinski definition) is 5. The molecule has 1 unspecified atom stereocenters. The van der Waals surface area contributed by atoms with E-state index in [2.05, 4.69) is 13.8 Å². The van der Waals surface area contributed by atoms with Crippen molar-refractivity contribution in [3.8, 4) is 5.75 Å². The van der Waals surface area contributed by atoms with Crippen molar-refractivity contribution in [2.75, 3.05) is 6.54 Å². The molecule has 2 aliphatic heterocycles. The number of carbonyl (C=O) groups is 2. The number of hydrogen-bond donors (Lipinski definition) is 3. The Balaban J connectivity index is 2.05. The summed E-state index contributed by atoms with van der Waals surface area (Å²) in [6, 6.07) is 4.61. The first-order valence-electron chi connectivity index (χ1n) is 9.31. The second kappa shape index (κ2) is 7.29. The van der Waals surface area contributed by atoms with Gasteiger partial charge >= 0.3 is 5.97 Å². The van der Waals surface area contributed by atoms with E-state index < -0.39 is 23.0 Å². The van der Waals surface area contributed by atoms with Crippen molar-refractivity contribution in [2.24, 2.45) is 11.8 Å². The van der Waals surface area contributed by atoms with Gasteiger partial charge < -0.3 is 15.3 Å². The number of aliphatic hydroxyl groups is 1. The van der Waals surface area contributed by atoms with Crippen molar-refractivity contribution in [3.05, 3.63) is 40.1 Å². The minimum Gasteiger partial charge on any atom is -0.509 e. The number of aromatic hydroxyl groups is 1. The minimum absolute atomic E-state index is 0.0147. The summed E-state index contributed by atoms with van der Waals surface area (Å²) in [7, 11) is 0. The van der Waals surface area contributed by atoms with Gasteiger partial charge in [-0.05, 0) is 49.3 Å². The van der Waals surface area contributed by atoms with Crippen LogP contribution in [0.2, 0.25) is 5.02 Å². The highest BCUT2D eigenvalue weighted by molar-refractivity contribution is 6.32. The average Bonchev–Trinajstić information content (AvgIpc) is 2.92. The van der Waals surface area contributed by atoms with Crippen molar-refractivity contribution in [1.29, 1.82) is 0 Å². The molecule has 2 aliphatic rings. The largest absolute Gasteiger partial charge is 0.509 e. The van der Waals surface area contributed by atoms with Gasteiger partial charge in [0.05, 0.1) is 17.1 Å². The molecule has 2 atom stereocenters. The van der Waals surface area contributed by atoms with Crippen LogP contribution >= 0.6 is 11.6 Å². The number of fused-ring (bicyclic) bond motifs is 1. The van der Waals surface area contributed by atoms with Crippen molar-refractivity contribution < 1.29 is 24.9 Å². The van der Waals surface area contributed by atoms with Crippen LogP contribution in [0.15, 0.2) is 29.5 Å². The maximum absolute atomic E-state index is 13.0. The monoisotopic (exact) mass is 408 g/mol. The van der Waals surface area contributed by atoms with Crippen LogP contribution in [0.1, 0.15) is 39.2 Å². The summed E-state index contributed by atoms with van der Waals surface area (Å²) in [5, 5.41) is 33.4. The average molecular weight is 409 g/mol. The Hall–Kier alpha value is -2.25. The van der Waals surface area contributed by atoms with Crippen LogP contribution in [0.25, 0.3) is 0 Å². The summed E-state index contributed by atoms with van der Waals surface area (Å²) in [5.41, 5.74) is -0.900. The Labute approximate surface area is 168 Å². The molecule has 1 aromatic carbocycles. The number of amides is 1. The third-order valence-corrected chi connectivity index (χ3v) is 6.09. The quantitative estimate of drug-likeness (QED) is 0.646. The number of aliphatic carboxylic acids is 1. The predicted molar refractivity (Wildman–Crippen MR) is 104 cm³/mol. The second-order valence-electron chi connectivity index (χ2n) is 8.06. The summed E-state index contributed by atoms with van der Waals surface area (Å²) in [6.45, 7) is 6.58. The molecule has 1 saturated heterocycles. The maximum atomic E-state index is 13.0. The third-order valence-electron chi connectivity index (χ3n) is 5.79. The molecule has 0 aromatic heterocycles. The van der Waals surface area contributed by atoms with E-state index >= 15 is 0 Å². The summed E-state index contributed by atoms with van der Waals surface area (Å²) >= 11 is 5.98. The van der Waals surface area contributed by atoms with Gasteiger partial charge in [0.25, 0.3) is 5.91 Å². The summed E-state index contributed by atoms with van der Waals surface area (Å²) in [6.07, 6.45) is 1.54. The maximum Gasteiger partial charge on any atom is 0.344 e. The highest BCUT2D eigenvalue weighted by Crippen LogP contribution is 2.47. The first-order chi connectivity index (χ1) is 13.1. The van der Waals surface area contributed by atoms with Crippen molar-refractivity contribution in [3.63, 3.8) is 0 Å². The number of carbonyl (C=O) groups excluding carboxylic acids is 1. The number of carboxylic acids is 1. The molecule has 0 bridgehead atoms. The van der Waals surface area contributed by atoms with Crippen LogP contribution in [-0.4, -0.2) is 49.3 Å². The van der Waals surface area contributed by atoms with Gasteiger partial charge in [-0.25, -0.2) is 9.80 Å². The molecule has 1 aromatic rings. The number of carboxylic acid groups (broad SMARTS) is 1. The number of aliphatic hydroxyl groups excluding tert-OH is 1. The van der Waals surface area contributed by atoms with E-state index in [0.717, 1.165) is 12.8 Å². The molecule has 2 heterocycles. The lowest BCUT2D eigenvalue weighted by molar-refractivity contribution is -0.165. The van der Waals surface area contributed by atoms with Gasteiger partial charge in [-0.2, -0.15) is 0 Å². The van der Waals surface area contributed by atoms with Gasteiger partial charge in [0.2, 0.25) is 0 Å². The zero-order chi connectivity index (χ0) is 20.8. The summed E-state index contributed by atoms with van der Waals surface area (Å²) < 4.78 is 0. The fraction of sp³-hybridized carbons (Fsp3) is 0.500.